The topological polar surface area (TPSA) is 98.1 Å². The van der Waals surface area contributed by atoms with Crippen LogP contribution in [0.4, 0.5) is 0 Å². The van der Waals surface area contributed by atoms with Gasteiger partial charge in [0.15, 0.2) is 0 Å². The summed E-state index contributed by atoms with van der Waals surface area (Å²) in [6, 6.07) is 4.80. The molecule has 1 aliphatic heterocycles. The SMILES string of the molecule is CCC1=C([C@H](O)CC/C(C)=C/c2ccc(O)cc2Cl)[C@H](CO)[C@@H]2C(=O)N(C3CCCCC3)C(=O)[C@@H]2C1. The fraction of sp³-hybridized carbons (Fsp3) is 0.586. The summed E-state index contributed by atoms with van der Waals surface area (Å²) in [5, 5.41) is 31.7. The molecular weight excluding hydrogens is 478 g/mol. The number of aromatic hydroxyl groups is 1. The molecule has 1 heterocycles. The Morgan fingerprint density at radius 2 is 1.92 bits per heavy atom. The number of likely N-dealkylation sites (tertiary alicyclic amines) is 1. The second kappa shape index (κ2) is 11.5. The molecule has 1 saturated carbocycles. The summed E-state index contributed by atoms with van der Waals surface area (Å²) in [5.74, 6) is -1.68. The third-order valence-electron chi connectivity index (χ3n) is 8.34. The Morgan fingerprint density at radius 3 is 2.56 bits per heavy atom. The third kappa shape index (κ3) is 5.27. The quantitative estimate of drug-likeness (QED) is 0.325. The number of hydrogen-bond acceptors (Lipinski definition) is 5. The van der Waals surface area contributed by atoms with Crippen molar-refractivity contribution >= 4 is 29.5 Å². The lowest BCUT2D eigenvalue weighted by Crippen LogP contribution is -2.42. The zero-order valence-electron chi connectivity index (χ0n) is 21.3. The van der Waals surface area contributed by atoms with E-state index in [2.05, 4.69) is 0 Å². The minimum atomic E-state index is -0.802. The number of carbonyl (C=O) groups excluding carboxylic acids is 2. The molecule has 0 aromatic heterocycles. The number of allylic oxidation sites excluding steroid dienone is 2. The average molecular weight is 516 g/mol. The zero-order valence-corrected chi connectivity index (χ0v) is 22.0. The monoisotopic (exact) mass is 515 g/mol. The van der Waals surface area contributed by atoms with E-state index in [1.165, 1.54) is 11.0 Å². The summed E-state index contributed by atoms with van der Waals surface area (Å²) in [6.07, 6.45) is 8.27. The Hall–Kier alpha value is -2.15. The van der Waals surface area contributed by atoms with E-state index in [1.54, 1.807) is 12.1 Å². The number of aliphatic hydroxyl groups excluding tert-OH is 2. The minimum Gasteiger partial charge on any atom is -0.508 e. The fourth-order valence-electron chi connectivity index (χ4n) is 6.51. The number of rotatable bonds is 8. The van der Waals surface area contributed by atoms with Gasteiger partial charge in [-0.15, -0.1) is 0 Å². The molecule has 4 rings (SSSR count). The number of hydrogen-bond donors (Lipinski definition) is 3. The third-order valence-corrected chi connectivity index (χ3v) is 8.67. The van der Waals surface area contributed by atoms with Gasteiger partial charge in [-0.1, -0.05) is 55.0 Å². The van der Waals surface area contributed by atoms with Crippen molar-refractivity contribution in [3.8, 4) is 5.75 Å². The molecule has 196 valence electrons. The van der Waals surface area contributed by atoms with E-state index >= 15 is 0 Å². The second-order valence-electron chi connectivity index (χ2n) is 10.6. The highest BCUT2D eigenvalue weighted by atomic mass is 35.5. The molecule has 0 radical (unpaired) electrons. The number of fused-ring (bicyclic) bond motifs is 1. The van der Waals surface area contributed by atoms with Crippen LogP contribution in [0.1, 0.15) is 77.2 Å². The van der Waals surface area contributed by atoms with Crippen molar-refractivity contribution in [3.05, 3.63) is 45.5 Å². The largest absolute Gasteiger partial charge is 0.508 e. The van der Waals surface area contributed by atoms with Crippen LogP contribution in [0, 0.1) is 17.8 Å². The van der Waals surface area contributed by atoms with Gasteiger partial charge in [0.05, 0.1) is 29.6 Å². The number of halogens is 1. The number of amides is 2. The number of benzene rings is 1. The number of aliphatic hydroxyl groups is 2. The van der Waals surface area contributed by atoms with Gasteiger partial charge in [0.1, 0.15) is 5.75 Å². The smallest absolute Gasteiger partial charge is 0.234 e. The van der Waals surface area contributed by atoms with Gasteiger partial charge in [0, 0.05) is 12.0 Å². The van der Waals surface area contributed by atoms with Crippen LogP contribution in [0.2, 0.25) is 5.02 Å². The Balaban J connectivity index is 1.52. The Morgan fingerprint density at radius 1 is 1.19 bits per heavy atom. The molecule has 0 spiro atoms. The van der Waals surface area contributed by atoms with Gasteiger partial charge in [0.25, 0.3) is 0 Å². The first-order valence-electron chi connectivity index (χ1n) is 13.3. The van der Waals surface area contributed by atoms with Gasteiger partial charge in [-0.05, 0) is 74.8 Å². The molecule has 1 aromatic rings. The standard InChI is InChI=1S/C29H38ClNO5/c1-3-18-14-22-27(29(36)31(28(22)35)20-7-5-4-6-8-20)23(16-32)26(18)25(34)12-9-17(2)13-19-10-11-21(33)15-24(19)30/h10-11,13,15,20,22-23,25,27,32-34H,3-9,12,14,16H2,1-2H3/b17-13+/t22-,23+,25-,27-/m1/s1. The average Bonchev–Trinajstić information content (AvgIpc) is 3.12. The summed E-state index contributed by atoms with van der Waals surface area (Å²) in [4.78, 5) is 28.5. The molecule has 1 saturated heterocycles. The van der Waals surface area contributed by atoms with Gasteiger partial charge < -0.3 is 15.3 Å². The zero-order chi connectivity index (χ0) is 26.0. The van der Waals surface area contributed by atoms with Crippen molar-refractivity contribution in [1.82, 2.24) is 4.90 Å². The van der Waals surface area contributed by atoms with Crippen LogP contribution in [-0.4, -0.2) is 50.8 Å². The molecule has 6 nitrogen and oxygen atoms in total. The van der Waals surface area contributed by atoms with Crippen LogP contribution in [0.25, 0.3) is 6.08 Å². The van der Waals surface area contributed by atoms with Crippen LogP contribution in [0.3, 0.4) is 0 Å². The fourth-order valence-corrected chi connectivity index (χ4v) is 6.74. The van der Waals surface area contributed by atoms with Crippen molar-refractivity contribution < 1.29 is 24.9 Å². The van der Waals surface area contributed by atoms with Crippen LogP contribution >= 0.6 is 11.6 Å². The van der Waals surface area contributed by atoms with Gasteiger partial charge in [-0.3, -0.25) is 14.5 Å². The first-order chi connectivity index (χ1) is 17.3. The van der Waals surface area contributed by atoms with E-state index in [-0.39, 0.29) is 30.2 Å². The highest BCUT2D eigenvalue weighted by molar-refractivity contribution is 6.32. The van der Waals surface area contributed by atoms with Crippen LogP contribution in [0.5, 0.6) is 5.75 Å². The highest BCUT2D eigenvalue weighted by Crippen LogP contribution is 2.48. The normalized spacial score (nSPS) is 26.5. The minimum absolute atomic E-state index is 0.0262. The number of phenols is 1. The molecule has 2 fully saturated rings. The number of carbonyl (C=O) groups is 2. The van der Waals surface area contributed by atoms with Crippen molar-refractivity contribution in [2.45, 2.75) is 83.8 Å². The van der Waals surface area contributed by atoms with E-state index < -0.39 is 23.9 Å². The Kier molecular flexibility index (Phi) is 8.59. The van der Waals surface area contributed by atoms with E-state index in [1.807, 2.05) is 19.9 Å². The maximum atomic E-state index is 13.6. The molecule has 36 heavy (non-hydrogen) atoms. The number of imide groups is 1. The van der Waals surface area contributed by atoms with E-state index in [0.717, 1.165) is 54.4 Å². The van der Waals surface area contributed by atoms with Gasteiger partial charge >= 0.3 is 0 Å². The first kappa shape index (κ1) is 26.9. The molecule has 2 aliphatic carbocycles. The van der Waals surface area contributed by atoms with Gasteiger partial charge in [-0.2, -0.15) is 0 Å². The van der Waals surface area contributed by atoms with Crippen LogP contribution in [-0.2, 0) is 9.59 Å². The maximum Gasteiger partial charge on any atom is 0.234 e. The Labute approximate surface area is 218 Å². The highest BCUT2D eigenvalue weighted by Gasteiger charge is 2.56. The van der Waals surface area contributed by atoms with Crippen LogP contribution < -0.4 is 0 Å². The van der Waals surface area contributed by atoms with Gasteiger partial charge in [-0.25, -0.2) is 0 Å². The molecule has 1 aromatic carbocycles. The molecule has 3 aliphatic rings. The molecule has 0 bridgehead atoms. The molecule has 3 N–H and O–H groups in total. The van der Waals surface area contributed by atoms with Gasteiger partial charge in [0.2, 0.25) is 11.8 Å². The van der Waals surface area contributed by atoms with E-state index in [4.69, 9.17) is 11.6 Å². The lowest BCUT2D eigenvalue weighted by atomic mass is 9.67. The molecule has 0 unspecified atom stereocenters. The number of nitrogens with zero attached hydrogens (tertiary/aromatic N) is 1. The van der Waals surface area contributed by atoms with Crippen molar-refractivity contribution in [2.24, 2.45) is 17.8 Å². The summed E-state index contributed by atoms with van der Waals surface area (Å²) in [6.45, 7) is 3.72. The van der Waals surface area contributed by atoms with Crippen molar-refractivity contribution in [1.29, 1.82) is 0 Å². The second-order valence-corrected chi connectivity index (χ2v) is 11.0. The summed E-state index contributed by atoms with van der Waals surface area (Å²) >= 11 is 6.23. The lowest BCUT2D eigenvalue weighted by Gasteiger charge is -2.36. The number of phenolic OH excluding ortho intramolecular Hbond substituents is 1. The molecule has 2 amide bonds. The van der Waals surface area contributed by atoms with E-state index in [9.17, 15) is 24.9 Å². The summed E-state index contributed by atoms with van der Waals surface area (Å²) in [5.41, 5.74) is 3.56. The Bertz CT molecular complexity index is 1060. The molecule has 7 heteroatoms. The predicted octanol–water partition coefficient (Wildman–Crippen LogP) is 5.24. The van der Waals surface area contributed by atoms with Crippen molar-refractivity contribution in [2.75, 3.05) is 6.61 Å². The maximum absolute atomic E-state index is 13.6. The predicted molar refractivity (Wildman–Crippen MR) is 140 cm³/mol. The molecule has 4 atom stereocenters. The molecular formula is C29H38ClNO5. The van der Waals surface area contributed by atoms with Crippen LogP contribution in [0.15, 0.2) is 34.9 Å². The first-order valence-corrected chi connectivity index (χ1v) is 13.7. The summed E-state index contributed by atoms with van der Waals surface area (Å²) < 4.78 is 0. The van der Waals surface area contributed by atoms with E-state index in [0.29, 0.717) is 30.7 Å². The summed E-state index contributed by atoms with van der Waals surface area (Å²) in [7, 11) is 0. The van der Waals surface area contributed by atoms with Crippen molar-refractivity contribution in [3.63, 3.8) is 0 Å². The lowest BCUT2D eigenvalue weighted by molar-refractivity contribution is -0.143.